The fourth-order valence-corrected chi connectivity index (χ4v) is 0.376. The van der Waals surface area contributed by atoms with Gasteiger partial charge in [-0.25, -0.2) is 0 Å². The lowest BCUT2D eigenvalue weighted by molar-refractivity contribution is -0.356. The third kappa shape index (κ3) is 10.3. The Bertz CT molecular complexity index is 67.5. The van der Waals surface area contributed by atoms with E-state index in [1.165, 1.54) is 0 Å². The van der Waals surface area contributed by atoms with Crippen molar-refractivity contribution in [1.29, 1.82) is 0 Å². The maximum absolute atomic E-state index is 8.28. The van der Waals surface area contributed by atoms with Gasteiger partial charge >= 0.3 is 0 Å². The van der Waals surface area contributed by atoms with E-state index >= 15 is 0 Å². The summed E-state index contributed by atoms with van der Waals surface area (Å²) >= 11 is 0. The number of rotatable bonds is 6. The molecule has 70 valence electrons. The molecule has 0 rings (SSSR count). The predicted octanol–water partition coefficient (Wildman–Crippen LogP) is -0.656. The molecule has 0 aliphatic rings. The maximum Gasteiger partial charge on any atom is 0.0942 e. The minimum absolute atomic E-state index is 0. The van der Waals surface area contributed by atoms with Crippen molar-refractivity contribution in [3.05, 3.63) is 0 Å². The first-order chi connectivity index (χ1) is 4.81. The van der Waals surface area contributed by atoms with Crippen LogP contribution in [0.1, 0.15) is 0 Å². The van der Waals surface area contributed by atoms with Crippen LogP contribution >= 0.6 is 17.0 Å². The van der Waals surface area contributed by atoms with Gasteiger partial charge in [0.1, 0.15) is 0 Å². The van der Waals surface area contributed by atoms with E-state index in [9.17, 15) is 0 Å². The zero-order chi connectivity index (χ0) is 7.82. The van der Waals surface area contributed by atoms with Crippen LogP contribution in [0.4, 0.5) is 0 Å². The summed E-state index contributed by atoms with van der Waals surface area (Å²) < 4.78 is 0. The SMILES string of the molecule is Br.CN(OCCO)OCCO. The summed E-state index contributed by atoms with van der Waals surface area (Å²) in [5.74, 6) is 0. The predicted molar refractivity (Wildman–Crippen MR) is 44.2 cm³/mol. The fraction of sp³-hybridized carbons (Fsp3) is 1.00. The highest BCUT2D eigenvalue weighted by atomic mass is 79.9. The molecule has 0 bridgehead atoms. The quantitative estimate of drug-likeness (QED) is 0.595. The van der Waals surface area contributed by atoms with Crippen LogP contribution in [-0.2, 0) is 9.68 Å². The van der Waals surface area contributed by atoms with Crippen molar-refractivity contribution in [3.63, 3.8) is 0 Å². The molecule has 0 radical (unpaired) electrons. The highest BCUT2D eigenvalue weighted by molar-refractivity contribution is 8.93. The first-order valence-corrected chi connectivity index (χ1v) is 3.02. The van der Waals surface area contributed by atoms with Crippen molar-refractivity contribution in [2.75, 3.05) is 33.5 Å². The average molecular weight is 232 g/mol. The zero-order valence-electron chi connectivity index (χ0n) is 6.39. The highest BCUT2D eigenvalue weighted by Gasteiger charge is 1.95. The molecule has 0 aliphatic carbocycles. The minimum Gasteiger partial charge on any atom is -0.394 e. The van der Waals surface area contributed by atoms with Gasteiger partial charge in [-0.1, -0.05) is 5.23 Å². The molecule has 2 N–H and O–H groups in total. The molecule has 0 aromatic rings. The van der Waals surface area contributed by atoms with Crippen molar-refractivity contribution >= 4 is 17.0 Å². The Hall–Kier alpha value is 0.280. The first kappa shape index (κ1) is 13.8. The van der Waals surface area contributed by atoms with Gasteiger partial charge in [-0.3, -0.25) is 9.68 Å². The van der Waals surface area contributed by atoms with Gasteiger partial charge in [0.05, 0.1) is 26.4 Å². The van der Waals surface area contributed by atoms with E-state index in [2.05, 4.69) is 0 Å². The summed E-state index contributed by atoms with van der Waals surface area (Å²) in [7, 11) is 1.55. The number of nitrogens with zero attached hydrogens (tertiary/aromatic N) is 1. The van der Waals surface area contributed by atoms with Gasteiger partial charge in [-0.15, -0.1) is 17.0 Å². The molecule has 0 spiro atoms. The maximum atomic E-state index is 8.28. The van der Waals surface area contributed by atoms with Crippen molar-refractivity contribution in [1.82, 2.24) is 5.23 Å². The Balaban J connectivity index is 0. The molecule has 0 heterocycles. The van der Waals surface area contributed by atoms with Crippen LogP contribution < -0.4 is 0 Å². The van der Waals surface area contributed by atoms with E-state index in [0.717, 1.165) is 5.23 Å². The van der Waals surface area contributed by atoms with Crippen molar-refractivity contribution in [3.8, 4) is 0 Å². The molecule has 0 aliphatic heterocycles. The molecule has 5 nitrogen and oxygen atoms in total. The van der Waals surface area contributed by atoms with Crippen LogP contribution in [0.2, 0.25) is 0 Å². The van der Waals surface area contributed by atoms with Gasteiger partial charge in [0.15, 0.2) is 0 Å². The van der Waals surface area contributed by atoms with Gasteiger partial charge < -0.3 is 10.2 Å². The van der Waals surface area contributed by atoms with Gasteiger partial charge in [-0.2, -0.15) is 0 Å². The van der Waals surface area contributed by atoms with E-state index < -0.39 is 0 Å². The highest BCUT2D eigenvalue weighted by Crippen LogP contribution is 1.85. The van der Waals surface area contributed by atoms with Gasteiger partial charge in [-0.05, 0) is 0 Å². The molecule has 0 saturated carbocycles. The van der Waals surface area contributed by atoms with E-state index in [1.807, 2.05) is 0 Å². The van der Waals surface area contributed by atoms with E-state index in [-0.39, 0.29) is 43.4 Å². The van der Waals surface area contributed by atoms with Crippen molar-refractivity contribution < 1.29 is 19.9 Å². The van der Waals surface area contributed by atoms with Gasteiger partial charge in [0.25, 0.3) is 0 Å². The lowest BCUT2D eigenvalue weighted by Crippen LogP contribution is -2.22. The van der Waals surface area contributed by atoms with E-state index in [1.54, 1.807) is 7.05 Å². The van der Waals surface area contributed by atoms with E-state index in [0.29, 0.717) is 0 Å². The Kier molecular flexibility index (Phi) is 12.9. The Morgan fingerprint density at radius 3 is 1.73 bits per heavy atom. The summed E-state index contributed by atoms with van der Waals surface area (Å²) in [6.07, 6.45) is 0. The molecule has 0 amide bonds. The standard InChI is InChI=1S/C5H13NO4.BrH/c1-6(9-4-2-7)10-5-3-8;/h7-8H,2-5H2,1H3;1H. The van der Waals surface area contributed by atoms with Crippen molar-refractivity contribution in [2.24, 2.45) is 0 Å². The van der Waals surface area contributed by atoms with Gasteiger partial charge in [0.2, 0.25) is 0 Å². The second kappa shape index (κ2) is 10.3. The largest absolute Gasteiger partial charge is 0.394 e. The Morgan fingerprint density at radius 1 is 1.09 bits per heavy atom. The van der Waals surface area contributed by atoms with Crippen molar-refractivity contribution in [2.45, 2.75) is 0 Å². The molecule has 0 atom stereocenters. The summed E-state index contributed by atoms with van der Waals surface area (Å²) in [5, 5.41) is 17.7. The summed E-state index contributed by atoms with van der Waals surface area (Å²) in [4.78, 5) is 9.49. The van der Waals surface area contributed by atoms with Crippen LogP contribution in [0.15, 0.2) is 0 Å². The number of hydrogen-bond acceptors (Lipinski definition) is 5. The lowest BCUT2D eigenvalue weighted by atomic mass is 10.8. The monoisotopic (exact) mass is 231 g/mol. The number of aliphatic hydroxyl groups is 2. The van der Waals surface area contributed by atoms with Gasteiger partial charge in [0, 0.05) is 7.05 Å². The molecule has 0 aromatic heterocycles. The molecule has 0 unspecified atom stereocenters. The zero-order valence-corrected chi connectivity index (χ0v) is 8.11. The topological polar surface area (TPSA) is 62.2 Å². The average Bonchev–Trinajstić information content (AvgIpc) is 1.97. The number of hydroxylamine groups is 2. The van der Waals surface area contributed by atoms with Crippen LogP contribution in [0.25, 0.3) is 0 Å². The molecular weight excluding hydrogens is 218 g/mol. The molecule has 0 saturated heterocycles. The van der Waals surface area contributed by atoms with Crippen LogP contribution in [0, 0.1) is 0 Å². The molecular formula is C5H14BrNO4. The molecule has 0 fully saturated rings. The second-order valence-electron chi connectivity index (χ2n) is 1.55. The van der Waals surface area contributed by atoms with Crippen LogP contribution in [0.3, 0.4) is 0 Å². The van der Waals surface area contributed by atoms with E-state index in [4.69, 9.17) is 19.9 Å². The first-order valence-electron chi connectivity index (χ1n) is 3.02. The lowest BCUT2D eigenvalue weighted by Gasteiger charge is -2.13. The van der Waals surface area contributed by atoms with Crippen LogP contribution in [0.5, 0.6) is 0 Å². The fourth-order valence-electron chi connectivity index (χ4n) is 0.376. The minimum atomic E-state index is -0.0488. The molecule has 6 heteroatoms. The normalized spacial score (nSPS) is 9.82. The number of hydrogen-bond donors (Lipinski definition) is 2. The number of halogens is 1. The van der Waals surface area contributed by atoms with Crippen LogP contribution in [-0.4, -0.2) is 48.9 Å². The summed E-state index contributed by atoms with van der Waals surface area (Å²) in [5.41, 5.74) is 0. The number of aliphatic hydroxyl groups excluding tert-OH is 2. The molecule has 0 aromatic carbocycles. The smallest absolute Gasteiger partial charge is 0.0942 e. The third-order valence-electron chi connectivity index (χ3n) is 0.729. The Labute approximate surface area is 76.2 Å². The third-order valence-corrected chi connectivity index (χ3v) is 0.729. The second-order valence-corrected chi connectivity index (χ2v) is 1.55. The molecule has 11 heavy (non-hydrogen) atoms. The Morgan fingerprint density at radius 2 is 1.45 bits per heavy atom. The summed E-state index contributed by atoms with van der Waals surface area (Å²) in [6, 6.07) is 0. The summed E-state index contributed by atoms with van der Waals surface area (Å²) in [6.45, 7) is 0.295.